The highest BCUT2D eigenvalue weighted by Gasteiger charge is 2.22. The lowest BCUT2D eigenvalue weighted by atomic mass is 10.1. The number of nitriles is 1. The first-order valence-electron chi connectivity index (χ1n) is 6.73. The highest BCUT2D eigenvalue weighted by molar-refractivity contribution is 6.30. The van der Waals surface area contributed by atoms with Gasteiger partial charge in [-0.25, -0.2) is 9.37 Å². The SMILES string of the molecule is N#Cc1ccc2c(c1)CCC2NCc1cc(F)cnc1Cl. The minimum atomic E-state index is -0.387. The Bertz CT molecular complexity index is 724. The predicted octanol–water partition coefficient (Wildman–Crippen LogP) is 3.52. The van der Waals surface area contributed by atoms with Crippen LogP contribution in [0.4, 0.5) is 4.39 Å². The van der Waals surface area contributed by atoms with E-state index in [0.29, 0.717) is 22.8 Å². The van der Waals surface area contributed by atoms with Crippen LogP contribution in [-0.2, 0) is 13.0 Å². The highest BCUT2D eigenvalue weighted by atomic mass is 35.5. The average molecular weight is 302 g/mol. The van der Waals surface area contributed by atoms with Gasteiger partial charge >= 0.3 is 0 Å². The molecule has 106 valence electrons. The molecule has 21 heavy (non-hydrogen) atoms. The number of hydrogen-bond donors (Lipinski definition) is 1. The van der Waals surface area contributed by atoms with Gasteiger partial charge < -0.3 is 5.32 Å². The van der Waals surface area contributed by atoms with Gasteiger partial charge in [0.05, 0.1) is 17.8 Å². The van der Waals surface area contributed by atoms with Crippen LogP contribution in [-0.4, -0.2) is 4.98 Å². The third-order valence-electron chi connectivity index (χ3n) is 3.77. The predicted molar refractivity (Wildman–Crippen MR) is 78.3 cm³/mol. The Kier molecular flexibility index (Phi) is 3.87. The summed E-state index contributed by atoms with van der Waals surface area (Å²) in [5.74, 6) is -0.387. The van der Waals surface area contributed by atoms with Crippen LogP contribution in [0.5, 0.6) is 0 Å². The molecule has 1 aliphatic carbocycles. The smallest absolute Gasteiger partial charge is 0.141 e. The lowest BCUT2D eigenvalue weighted by molar-refractivity contribution is 0.527. The Morgan fingerprint density at radius 2 is 2.29 bits per heavy atom. The number of nitrogens with zero attached hydrogens (tertiary/aromatic N) is 2. The molecule has 0 saturated heterocycles. The summed E-state index contributed by atoms with van der Waals surface area (Å²) >= 11 is 5.97. The second kappa shape index (κ2) is 5.80. The monoisotopic (exact) mass is 301 g/mol. The first-order valence-corrected chi connectivity index (χ1v) is 7.11. The number of aromatic nitrogens is 1. The van der Waals surface area contributed by atoms with Crippen LogP contribution in [0.15, 0.2) is 30.5 Å². The topological polar surface area (TPSA) is 48.7 Å². The minimum Gasteiger partial charge on any atom is -0.306 e. The molecule has 1 aromatic heterocycles. The second-order valence-electron chi connectivity index (χ2n) is 5.10. The fourth-order valence-corrected chi connectivity index (χ4v) is 2.89. The molecule has 1 unspecified atom stereocenters. The number of rotatable bonds is 3. The maximum Gasteiger partial charge on any atom is 0.141 e. The van der Waals surface area contributed by atoms with E-state index >= 15 is 0 Å². The Morgan fingerprint density at radius 1 is 1.43 bits per heavy atom. The van der Waals surface area contributed by atoms with Crippen LogP contribution in [0.2, 0.25) is 5.15 Å². The molecule has 1 atom stereocenters. The number of aryl methyl sites for hydroxylation is 1. The van der Waals surface area contributed by atoms with E-state index in [1.54, 1.807) is 0 Å². The zero-order chi connectivity index (χ0) is 14.8. The molecule has 0 fully saturated rings. The van der Waals surface area contributed by atoms with Gasteiger partial charge in [0, 0.05) is 18.2 Å². The minimum absolute atomic E-state index is 0.201. The Labute approximate surface area is 127 Å². The molecule has 0 bridgehead atoms. The van der Waals surface area contributed by atoms with Gasteiger partial charge in [0.15, 0.2) is 0 Å². The van der Waals surface area contributed by atoms with Gasteiger partial charge in [0.2, 0.25) is 0 Å². The number of fused-ring (bicyclic) bond motifs is 1. The first-order chi connectivity index (χ1) is 10.2. The third kappa shape index (κ3) is 2.90. The summed E-state index contributed by atoms with van der Waals surface area (Å²) in [5.41, 5.74) is 3.75. The number of pyridine rings is 1. The summed E-state index contributed by atoms with van der Waals surface area (Å²) < 4.78 is 13.2. The molecule has 1 N–H and O–H groups in total. The van der Waals surface area contributed by atoms with Gasteiger partial charge in [-0.2, -0.15) is 5.26 Å². The van der Waals surface area contributed by atoms with E-state index in [0.717, 1.165) is 19.0 Å². The normalized spacial score (nSPS) is 16.5. The van der Waals surface area contributed by atoms with Crippen LogP contribution in [0.25, 0.3) is 0 Å². The van der Waals surface area contributed by atoms with Crippen LogP contribution >= 0.6 is 11.6 Å². The van der Waals surface area contributed by atoms with E-state index in [2.05, 4.69) is 16.4 Å². The Hall–Kier alpha value is -1.96. The summed E-state index contributed by atoms with van der Waals surface area (Å²) in [6.07, 6.45) is 3.02. The van der Waals surface area contributed by atoms with Gasteiger partial charge in [0.25, 0.3) is 0 Å². The van der Waals surface area contributed by atoms with E-state index in [9.17, 15) is 4.39 Å². The molecular formula is C16H13ClFN3. The van der Waals surface area contributed by atoms with Crippen molar-refractivity contribution in [1.29, 1.82) is 5.26 Å². The van der Waals surface area contributed by atoms with Gasteiger partial charge in [-0.15, -0.1) is 0 Å². The molecule has 0 aliphatic heterocycles. The Balaban J connectivity index is 1.74. The largest absolute Gasteiger partial charge is 0.306 e. The van der Waals surface area contributed by atoms with E-state index in [4.69, 9.17) is 16.9 Å². The van der Waals surface area contributed by atoms with Gasteiger partial charge in [-0.1, -0.05) is 17.7 Å². The van der Waals surface area contributed by atoms with E-state index < -0.39 is 0 Å². The molecule has 1 heterocycles. The third-order valence-corrected chi connectivity index (χ3v) is 4.11. The van der Waals surface area contributed by atoms with Crippen LogP contribution in [0.1, 0.15) is 34.7 Å². The maximum absolute atomic E-state index is 13.2. The number of hydrogen-bond acceptors (Lipinski definition) is 3. The van der Waals surface area contributed by atoms with Crippen LogP contribution in [0, 0.1) is 17.1 Å². The van der Waals surface area contributed by atoms with Crippen molar-refractivity contribution >= 4 is 11.6 Å². The summed E-state index contributed by atoms with van der Waals surface area (Å²) in [5, 5.41) is 12.6. The van der Waals surface area contributed by atoms with E-state index in [1.165, 1.54) is 17.2 Å². The maximum atomic E-state index is 13.2. The van der Waals surface area contributed by atoms with Gasteiger partial charge in [-0.3, -0.25) is 0 Å². The summed E-state index contributed by atoms with van der Waals surface area (Å²) in [6.45, 7) is 0.466. The summed E-state index contributed by atoms with van der Waals surface area (Å²) in [6, 6.07) is 9.51. The molecule has 3 nitrogen and oxygen atoms in total. The highest BCUT2D eigenvalue weighted by Crippen LogP contribution is 2.32. The zero-order valence-corrected chi connectivity index (χ0v) is 12.0. The molecule has 1 aliphatic rings. The van der Waals surface area contributed by atoms with Crippen molar-refractivity contribution in [3.05, 3.63) is 63.7 Å². The fourth-order valence-electron chi connectivity index (χ4n) is 2.72. The van der Waals surface area contributed by atoms with Crippen LogP contribution < -0.4 is 5.32 Å². The molecular weight excluding hydrogens is 289 g/mol. The van der Waals surface area contributed by atoms with Crippen molar-refractivity contribution in [1.82, 2.24) is 10.3 Å². The fraction of sp³-hybridized carbons (Fsp3) is 0.250. The summed E-state index contributed by atoms with van der Waals surface area (Å²) in [4.78, 5) is 3.81. The molecule has 0 radical (unpaired) electrons. The summed E-state index contributed by atoms with van der Waals surface area (Å²) in [7, 11) is 0. The molecule has 0 saturated carbocycles. The second-order valence-corrected chi connectivity index (χ2v) is 5.46. The molecule has 2 aromatic rings. The molecule has 0 amide bonds. The molecule has 0 spiro atoms. The van der Waals surface area contributed by atoms with E-state index in [1.807, 2.05) is 18.2 Å². The van der Waals surface area contributed by atoms with E-state index in [-0.39, 0.29) is 11.9 Å². The molecule has 3 rings (SSSR count). The van der Waals surface area contributed by atoms with Crippen molar-refractivity contribution in [2.24, 2.45) is 0 Å². The van der Waals surface area contributed by atoms with Crippen LogP contribution in [0.3, 0.4) is 0 Å². The standard InChI is InChI=1S/C16H13ClFN3/c17-16-12(6-13(18)9-21-16)8-20-15-4-2-11-5-10(7-19)1-3-14(11)15/h1,3,5-6,9,15,20H,2,4,8H2. The molecule has 1 aromatic carbocycles. The van der Waals surface area contributed by atoms with Gasteiger partial charge in [-0.05, 0) is 42.2 Å². The first kappa shape index (κ1) is 14.0. The lowest BCUT2D eigenvalue weighted by Crippen LogP contribution is -2.19. The number of halogens is 2. The number of nitrogens with one attached hydrogen (secondary N) is 1. The average Bonchev–Trinajstić information content (AvgIpc) is 2.90. The van der Waals surface area contributed by atoms with Crippen molar-refractivity contribution in [3.63, 3.8) is 0 Å². The van der Waals surface area contributed by atoms with Crippen molar-refractivity contribution in [3.8, 4) is 6.07 Å². The zero-order valence-electron chi connectivity index (χ0n) is 11.2. The Morgan fingerprint density at radius 3 is 3.10 bits per heavy atom. The molecule has 5 heteroatoms. The van der Waals surface area contributed by atoms with Crippen molar-refractivity contribution in [2.75, 3.05) is 0 Å². The number of benzene rings is 1. The van der Waals surface area contributed by atoms with Crippen molar-refractivity contribution in [2.45, 2.75) is 25.4 Å². The lowest BCUT2D eigenvalue weighted by Gasteiger charge is -2.14. The quantitative estimate of drug-likeness (QED) is 0.882. The van der Waals surface area contributed by atoms with Gasteiger partial charge in [0.1, 0.15) is 11.0 Å². The van der Waals surface area contributed by atoms with Crippen molar-refractivity contribution < 1.29 is 4.39 Å².